The molecule has 1 aromatic carbocycles. The summed E-state index contributed by atoms with van der Waals surface area (Å²) in [5.74, 6) is -3.44. The van der Waals surface area contributed by atoms with Crippen molar-refractivity contribution in [2.75, 3.05) is 12.4 Å². The van der Waals surface area contributed by atoms with Gasteiger partial charge in [0, 0.05) is 25.2 Å². The zero-order valence-electron chi connectivity index (χ0n) is 17.4. The van der Waals surface area contributed by atoms with Crippen LogP contribution in [0, 0.1) is 29.1 Å². The number of anilines is 1. The maximum atomic E-state index is 14.0. The molecule has 0 spiro atoms. The number of carbonyl (C=O) groups is 2. The normalized spacial score (nSPS) is 36.6. The van der Waals surface area contributed by atoms with Gasteiger partial charge >= 0.3 is 6.18 Å². The summed E-state index contributed by atoms with van der Waals surface area (Å²) < 4.78 is 41.9. The molecular weight excluding hydrogens is 393 g/mol. The molecule has 3 aliphatic rings. The molecule has 30 heavy (non-hydrogen) atoms. The van der Waals surface area contributed by atoms with Gasteiger partial charge in [-0.3, -0.25) is 9.59 Å². The molecule has 2 aliphatic carbocycles. The highest BCUT2D eigenvalue weighted by atomic mass is 19.4. The van der Waals surface area contributed by atoms with Crippen molar-refractivity contribution in [3.63, 3.8) is 0 Å². The van der Waals surface area contributed by atoms with Gasteiger partial charge in [-0.1, -0.05) is 25.1 Å². The maximum absolute atomic E-state index is 14.0. The lowest BCUT2D eigenvalue weighted by Crippen LogP contribution is -2.62. The maximum Gasteiger partial charge on any atom is 0.392 e. The van der Waals surface area contributed by atoms with Crippen LogP contribution in [0.4, 0.5) is 18.9 Å². The first-order chi connectivity index (χ1) is 14.1. The number of amides is 2. The molecule has 2 saturated carbocycles. The fourth-order valence-corrected chi connectivity index (χ4v) is 6.63. The van der Waals surface area contributed by atoms with Crippen LogP contribution in [-0.4, -0.2) is 36.0 Å². The summed E-state index contributed by atoms with van der Waals surface area (Å²) in [6, 6.07) is 8.73. The number of carbonyl (C=O) groups excluding carboxylic acids is 2. The van der Waals surface area contributed by atoms with E-state index in [1.54, 1.807) is 35.2 Å². The third-order valence-corrected chi connectivity index (χ3v) is 8.08. The molecule has 1 aromatic rings. The van der Waals surface area contributed by atoms with Gasteiger partial charge in [-0.15, -0.1) is 0 Å². The van der Waals surface area contributed by atoms with Crippen molar-refractivity contribution in [1.82, 2.24) is 4.90 Å². The summed E-state index contributed by atoms with van der Waals surface area (Å²) in [6.07, 6.45) is -1.67. The highest BCUT2D eigenvalue weighted by Gasteiger charge is 2.61. The summed E-state index contributed by atoms with van der Waals surface area (Å²) in [4.78, 5) is 27.2. The first kappa shape index (κ1) is 21.2. The van der Waals surface area contributed by atoms with Crippen molar-refractivity contribution in [2.45, 2.75) is 57.7 Å². The van der Waals surface area contributed by atoms with Crippen molar-refractivity contribution in [1.29, 1.82) is 0 Å². The minimum atomic E-state index is -4.40. The summed E-state index contributed by atoms with van der Waals surface area (Å²) in [6.45, 7) is 2.12. The van der Waals surface area contributed by atoms with E-state index in [1.165, 1.54) is 0 Å². The summed E-state index contributed by atoms with van der Waals surface area (Å²) in [7, 11) is 1.81. The van der Waals surface area contributed by atoms with Crippen LogP contribution in [-0.2, 0) is 9.59 Å². The van der Waals surface area contributed by atoms with Gasteiger partial charge in [0.25, 0.3) is 0 Å². The lowest BCUT2D eigenvalue weighted by molar-refractivity contribution is -0.219. The van der Waals surface area contributed by atoms with Gasteiger partial charge in [-0.2, -0.15) is 13.2 Å². The molecule has 0 bridgehead atoms. The van der Waals surface area contributed by atoms with Gasteiger partial charge in [0.1, 0.15) is 0 Å². The summed E-state index contributed by atoms with van der Waals surface area (Å²) >= 11 is 0. The van der Waals surface area contributed by atoms with Crippen molar-refractivity contribution in [2.24, 2.45) is 29.1 Å². The number of rotatable bonds is 2. The second-order valence-electron chi connectivity index (χ2n) is 9.48. The van der Waals surface area contributed by atoms with Crippen LogP contribution in [0.3, 0.4) is 0 Å². The molecule has 0 aromatic heterocycles. The van der Waals surface area contributed by atoms with E-state index in [9.17, 15) is 22.8 Å². The SMILES string of the molecule is CN1C(=O)CC[C@]2(C)C3CCC(C(F)(F)F)C(C(=O)Nc4ccccc4)C3CCC12. The lowest BCUT2D eigenvalue weighted by atomic mass is 9.49. The van der Waals surface area contributed by atoms with E-state index in [2.05, 4.69) is 12.2 Å². The van der Waals surface area contributed by atoms with Crippen LogP contribution in [0.25, 0.3) is 0 Å². The van der Waals surface area contributed by atoms with Crippen molar-refractivity contribution in [3.05, 3.63) is 30.3 Å². The molecule has 4 nitrogen and oxygen atoms in total. The van der Waals surface area contributed by atoms with E-state index in [1.807, 2.05) is 7.05 Å². The molecular formula is C23H29F3N2O2. The third-order valence-electron chi connectivity index (χ3n) is 8.08. The quantitative estimate of drug-likeness (QED) is 0.740. The molecule has 164 valence electrons. The number of hydrogen-bond donors (Lipinski definition) is 1. The van der Waals surface area contributed by atoms with E-state index in [0.717, 1.165) is 0 Å². The standard InChI is InChI=1S/C23H29F3N2O2/c1-22-13-12-19(29)28(2)18(22)11-8-15-16(22)9-10-17(23(24,25)26)20(15)21(30)27-14-6-4-3-5-7-14/h3-7,15-18,20H,8-13H2,1-2H3,(H,27,30)/t15?,16?,17?,18?,20?,22-/m1/s1. The number of benzene rings is 1. The fraction of sp³-hybridized carbons (Fsp3) is 0.652. The molecule has 1 saturated heterocycles. The number of piperidine rings is 1. The Bertz CT molecular complexity index is 812. The Morgan fingerprint density at radius 2 is 1.83 bits per heavy atom. The Labute approximate surface area is 175 Å². The van der Waals surface area contributed by atoms with Gasteiger partial charge in [0.15, 0.2) is 0 Å². The molecule has 5 unspecified atom stereocenters. The Kier molecular flexibility index (Phi) is 5.35. The molecule has 2 amide bonds. The van der Waals surface area contributed by atoms with Crippen molar-refractivity contribution < 1.29 is 22.8 Å². The number of nitrogens with one attached hydrogen (secondary N) is 1. The van der Waals surface area contributed by atoms with Gasteiger partial charge in [-0.05, 0) is 61.5 Å². The Morgan fingerprint density at radius 1 is 1.13 bits per heavy atom. The van der Waals surface area contributed by atoms with Crippen LogP contribution in [0.15, 0.2) is 30.3 Å². The molecule has 1 heterocycles. The topological polar surface area (TPSA) is 49.4 Å². The Hall–Kier alpha value is -2.05. The molecule has 1 aliphatic heterocycles. The Balaban J connectivity index is 1.65. The fourth-order valence-electron chi connectivity index (χ4n) is 6.63. The zero-order valence-corrected chi connectivity index (χ0v) is 17.4. The number of nitrogens with zero attached hydrogens (tertiary/aromatic N) is 1. The molecule has 4 rings (SSSR count). The lowest BCUT2D eigenvalue weighted by Gasteiger charge is -2.60. The zero-order chi connectivity index (χ0) is 21.7. The van der Waals surface area contributed by atoms with E-state index < -0.39 is 23.9 Å². The molecule has 1 N–H and O–H groups in total. The first-order valence-electron chi connectivity index (χ1n) is 10.8. The largest absolute Gasteiger partial charge is 0.392 e. The second-order valence-corrected chi connectivity index (χ2v) is 9.48. The van der Waals surface area contributed by atoms with Crippen LogP contribution in [0.2, 0.25) is 0 Å². The monoisotopic (exact) mass is 422 g/mol. The predicted octanol–water partition coefficient (Wildman–Crippen LogP) is 4.87. The summed E-state index contributed by atoms with van der Waals surface area (Å²) in [5.41, 5.74) is 0.279. The van der Waals surface area contributed by atoms with Crippen LogP contribution in [0.5, 0.6) is 0 Å². The third kappa shape index (κ3) is 3.50. The van der Waals surface area contributed by atoms with E-state index in [0.29, 0.717) is 37.8 Å². The average Bonchev–Trinajstić information content (AvgIpc) is 2.70. The number of halogens is 3. The number of fused-ring (bicyclic) bond motifs is 3. The predicted molar refractivity (Wildman–Crippen MR) is 107 cm³/mol. The van der Waals surface area contributed by atoms with Gasteiger partial charge in [-0.25, -0.2) is 0 Å². The molecule has 6 atom stereocenters. The van der Waals surface area contributed by atoms with Crippen molar-refractivity contribution in [3.8, 4) is 0 Å². The minimum absolute atomic E-state index is 0.0110. The highest BCUT2D eigenvalue weighted by molar-refractivity contribution is 5.93. The molecule has 0 radical (unpaired) electrons. The van der Waals surface area contributed by atoms with Crippen LogP contribution < -0.4 is 5.32 Å². The van der Waals surface area contributed by atoms with E-state index in [-0.39, 0.29) is 35.6 Å². The highest BCUT2D eigenvalue weighted by Crippen LogP contribution is 2.60. The smallest absolute Gasteiger partial charge is 0.342 e. The van der Waals surface area contributed by atoms with Gasteiger partial charge in [0.2, 0.25) is 11.8 Å². The number of hydrogen-bond acceptors (Lipinski definition) is 2. The summed E-state index contributed by atoms with van der Waals surface area (Å²) in [5, 5.41) is 2.74. The van der Waals surface area contributed by atoms with E-state index >= 15 is 0 Å². The number of para-hydroxylation sites is 1. The number of alkyl halides is 3. The van der Waals surface area contributed by atoms with Crippen LogP contribution >= 0.6 is 0 Å². The van der Waals surface area contributed by atoms with E-state index in [4.69, 9.17) is 0 Å². The minimum Gasteiger partial charge on any atom is -0.342 e. The Morgan fingerprint density at radius 3 is 2.50 bits per heavy atom. The molecule has 3 fully saturated rings. The molecule has 7 heteroatoms. The second kappa shape index (κ2) is 7.57. The van der Waals surface area contributed by atoms with Crippen LogP contribution in [0.1, 0.15) is 45.4 Å². The first-order valence-corrected chi connectivity index (χ1v) is 10.8. The van der Waals surface area contributed by atoms with Gasteiger partial charge in [0.05, 0.1) is 11.8 Å². The van der Waals surface area contributed by atoms with Gasteiger partial charge < -0.3 is 10.2 Å². The average molecular weight is 422 g/mol. The number of likely N-dealkylation sites (tertiary alicyclic amines) is 1. The van der Waals surface area contributed by atoms with Crippen molar-refractivity contribution >= 4 is 17.5 Å².